The lowest BCUT2D eigenvalue weighted by Crippen LogP contribution is -1.99. The van der Waals surface area contributed by atoms with Crippen LogP contribution in [0.1, 0.15) is 16.7 Å². The lowest BCUT2D eigenvalue weighted by molar-refractivity contribution is 0.369. The van der Waals surface area contributed by atoms with Gasteiger partial charge in [-0.05, 0) is 43.2 Å². The summed E-state index contributed by atoms with van der Waals surface area (Å²) in [5.74, 6) is 0.744. The Balaban J connectivity index is 1.88. The molecule has 0 radical (unpaired) electrons. The van der Waals surface area contributed by atoms with Gasteiger partial charge in [0.05, 0.1) is 4.90 Å². The maximum absolute atomic E-state index is 12.1. The first-order valence-electron chi connectivity index (χ1n) is 6.72. The Bertz CT molecular complexity index is 833. The van der Waals surface area contributed by atoms with E-state index in [1.165, 1.54) is 5.41 Å². The molecule has 1 aliphatic rings. The van der Waals surface area contributed by atoms with Crippen LogP contribution in [0.4, 0.5) is 0 Å². The van der Waals surface area contributed by atoms with Crippen molar-refractivity contribution in [1.29, 1.82) is 0 Å². The van der Waals surface area contributed by atoms with E-state index in [9.17, 15) is 8.42 Å². The quantitative estimate of drug-likeness (QED) is 0.871. The zero-order chi connectivity index (χ0) is 15.0. The fraction of sp³-hybridized carbons (Fsp3) is 0.176. The van der Waals surface area contributed by atoms with Crippen molar-refractivity contribution in [2.24, 2.45) is 0 Å². The molecule has 0 saturated heterocycles. The molecule has 0 aromatic heterocycles. The van der Waals surface area contributed by atoms with Gasteiger partial charge in [-0.25, -0.2) is 8.42 Å². The van der Waals surface area contributed by atoms with Gasteiger partial charge in [0.25, 0.3) is 0 Å². The minimum absolute atomic E-state index is 0.249. The number of aryl methyl sites for hydroxylation is 2. The van der Waals surface area contributed by atoms with Crippen molar-refractivity contribution in [1.82, 2.24) is 0 Å². The lowest BCUT2D eigenvalue weighted by atomic mass is 10.1. The van der Waals surface area contributed by atoms with Crippen LogP contribution < -0.4 is 4.74 Å². The number of hydrogen-bond acceptors (Lipinski definition) is 3. The van der Waals surface area contributed by atoms with Crippen LogP contribution in [0, 0.1) is 13.8 Å². The average molecular weight is 300 g/mol. The Morgan fingerprint density at radius 3 is 2.52 bits per heavy atom. The Kier molecular flexibility index (Phi) is 3.33. The summed E-state index contributed by atoms with van der Waals surface area (Å²) in [7, 11) is -3.33. The summed E-state index contributed by atoms with van der Waals surface area (Å²) in [5.41, 5.74) is 3.49. The Morgan fingerprint density at radius 1 is 1.00 bits per heavy atom. The van der Waals surface area contributed by atoms with Gasteiger partial charge >= 0.3 is 0 Å². The van der Waals surface area contributed by atoms with Crippen LogP contribution >= 0.6 is 0 Å². The molecule has 0 fully saturated rings. The van der Waals surface area contributed by atoms with Crippen LogP contribution in [0.3, 0.4) is 0 Å². The van der Waals surface area contributed by atoms with Gasteiger partial charge in [0.1, 0.15) is 12.4 Å². The van der Waals surface area contributed by atoms with Gasteiger partial charge in [-0.3, -0.25) is 0 Å². The number of fused-ring (bicyclic) bond motifs is 1. The molecular formula is C17H16O3S. The van der Waals surface area contributed by atoms with Gasteiger partial charge < -0.3 is 4.74 Å². The van der Waals surface area contributed by atoms with Gasteiger partial charge in [-0.15, -0.1) is 0 Å². The first-order chi connectivity index (χ1) is 9.95. The van der Waals surface area contributed by atoms with Crippen LogP contribution in [0.5, 0.6) is 5.75 Å². The second-order valence-electron chi connectivity index (χ2n) is 5.29. The monoisotopic (exact) mass is 300 g/mol. The third-order valence-electron chi connectivity index (χ3n) is 3.47. The number of sulfone groups is 1. The van der Waals surface area contributed by atoms with Gasteiger partial charge in [-0.2, -0.15) is 0 Å². The molecule has 3 nitrogen and oxygen atoms in total. The maximum atomic E-state index is 12.1. The first kappa shape index (κ1) is 13.9. The van der Waals surface area contributed by atoms with Gasteiger partial charge in [0.15, 0.2) is 0 Å². The summed E-state index contributed by atoms with van der Waals surface area (Å²) in [6.45, 7) is 4.13. The maximum Gasteiger partial charge on any atom is 0.200 e. The molecule has 4 heteroatoms. The minimum Gasteiger partial charge on any atom is -0.489 e. The summed E-state index contributed by atoms with van der Waals surface area (Å²) >= 11 is 0. The molecule has 0 atom stereocenters. The van der Waals surface area contributed by atoms with E-state index in [0.717, 1.165) is 22.4 Å². The third-order valence-corrected chi connectivity index (χ3v) is 5.02. The van der Waals surface area contributed by atoms with E-state index in [0.29, 0.717) is 10.5 Å². The fourth-order valence-corrected chi connectivity index (χ4v) is 3.97. The van der Waals surface area contributed by atoms with Crippen LogP contribution in [0.15, 0.2) is 52.8 Å². The van der Waals surface area contributed by atoms with Crippen molar-refractivity contribution in [2.75, 3.05) is 6.61 Å². The van der Waals surface area contributed by atoms with E-state index in [1.807, 2.05) is 50.2 Å². The Labute approximate surface area is 124 Å². The minimum atomic E-state index is -3.33. The smallest absolute Gasteiger partial charge is 0.200 e. The van der Waals surface area contributed by atoms with Crippen molar-refractivity contribution in [3.63, 3.8) is 0 Å². The summed E-state index contributed by atoms with van der Waals surface area (Å²) in [6.07, 6.45) is 0. The van der Waals surface area contributed by atoms with E-state index in [-0.39, 0.29) is 6.61 Å². The van der Waals surface area contributed by atoms with E-state index in [2.05, 4.69) is 0 Å². The number of hydrogen-bond donors (Lipinski definition) is 0. The molecule has 21 heavy (non-hydrogen) atoms. The Hall–Kier alpha value is -2.07. The highest BCUT2D eigenvalue weighted by Gasteiger charge is 2.27. The van der Waals surface area contributed by atoms with Gasteiger partial charge in [-0.1, -0.05) is 24.3 Å². The second kappa shape index (κ2) is 5.04. The van der Waals surface area contributed by atoms with E-state index in [1.54, 1.807) is 6.07 Å². The standard InChI is InChI=1S/C17H16O3S/c1-12-4-3-5-15(8-12)20-10-14-11-21(18,19)17-9-13(2)6-7-16(14)17/h3-9,11H,10H2,1-2H3. The zero-order valence-corrected chi connectivity index (χ0v) is 12.8. The SMILES string of the molecule is Cc1cccc(OCC2=CS(=O)(=O)c3cc(C)ccc32)c1. The lowest BCUT2D eigenvalue weighted by Gasteiger charge is -2.08. The molecule has 0 N–H and O–H groups in total. The third kappa shape index (κ3) is 2.72. The van der Waals surface area contributed by atoms with Crippen LogP contribution in [0.2, 0.25) is 0 Å². The highest BCUT2D eigenvalue weighted by Crippen LogP contribution is 2.34. The number of ether oxygens (including phenoxy) is 1. The summed E-state index contributed by atoms with van der Waals surface area (Å²) in [4.78, 5) is 0.380. The fourth-order valence-electron chi connectivity index (χ4n) is 2.42. The molecule has 0 unspecified atom stereocenters. The molecule has 3 rings (SSSR count). The summed E-state index contributed by atoms with van der Waals surface area (Å²) in [6, 6.07) is 13.2. The predicted octanol–water partition coefficient (Wildman–Crippen LogP) is 3.51. The average Bonchev–Trinajstić information content (AvgIpc) is 2.68. The van der Waals surface area contributed by atoms with E-state index < -0.39 is 9.84 Å². The molecule has 0 aliphatic carbocycles. The topological polar surface area (TPSA) is 43.4 Å². The highest BCUT2D eigenvalue weighted by molar-refractivity contribution is 7.95. The highest BCUT2D eigenvalue weighted by atomic mass is 32.2. The van der Waals surface area contributed by atoms with Gasteiger partial charge in [0.2, 0.25) is 9.84 Å². The van der Waals surface area contributed by atoms with E-state index in [4.69, 9.17) is 4.74 Å². The van der Waals surface area contributed by atoms with Crippen molar-refractivity contribution < 1.29 is 13.2 Å². The van der Waals surface area contributed by atoms with Gasteiger partial charge in [0, 0.05) is 16.5 Å². The van der Waals surface area contributed by atoms with Crippen molar-refractivity contribution in [2.45, 2.75) is 18.7 Å². The molecular weight excluding hydrogens is 284 g/mol. The molecule has 1 aliphatic heterocycles. The largest absolute Gasteiger partial charge is 0.489 e. The summed E-state index contributed by atoms with van der Waals surface area (Å²) in [5, 5.41) is 1.31. The molecule has 1 heterocycles. The Morgan fingerprint density at radius 2 is 1.76 bits per heavy atom. The second-order valence-corrected chi connectivity index (χ2v) is 7.06. The van der Waals surface area contributed by atoms with Crippen molar-refractivity contribution in [3.05, 3.63) is 64.6 Å². The van der Waals surface area contributed by atoms with E-state index >= 15 is 0 Å². The molecule has 2 aromatic carbocycles. The number of rotatable bonds is 3. The molecule has 0 spiro atoms. The molecule has 0 bridgehead atoms. The predicted molar refractivity (Wildman–Crippen MR) is 83.0 cm³/mol. The molecule has 0 amide bonds. The molecule has 0 saturated carbocycles. The number of benzene rings is 2. The molecule has 2 aromatic rings. The molecule has 108 valence electrons. The van der Waals surface area contributed by atoms with Crippen LogP contribution in [0.25, 0.3) is 5.57 Å². The van der Waals surface area contributed by atoms with Crippen molar-refractivity contribution in [3.8, 4) is 5.75 Å². The zero-order valence-electron chi connectivity index (χ0n) is 12.0. The normalized spacial score (nSPS) is 15.4. The van der Waals surface area contributed by atoms with Crippen LogP contribution in [-0.2, 0) is 9.84 Å². The summed E-state index contributed by atoms with van der Waals surface area (Å²) < 4.78 is 30.0. The first-order valence-corrected chi connectivity index (χ1v) is 8.26. The van der Waals surface area contributed by atoms with Crippen molar-refractivity contribution >= 4 is 15.4 Å². The van der Waals surface area contributed by atoms with Crippen LogP contribution in [-0.4, -0.2) is 15.0 Å².